The summed E-state index contributed by atoms with van der Waals surface area (Å²) in [6.07, 6.45) is -0.892. The van der Waals surface area contributed by atoms with Crippen LogP contribution in [0.2, 0.25) is 0 Å². The average Bonchev–Trinajstić information content (AvgIpc) is 2.62. The van der Waals surface area contributed by atoms with Crippen LogP contribution in [0.3, 0.4) is 0 Å². The predicted octanol–water partition coefficient (Wildman–Crippen LogP) is 3.32. The molecule has 2 rings (SSSR count). The second kappa shape index (κ2) is 9.36. The van der Waals surface area contributed by atoms with Gasteiger partial charge in [0.15, 0.2) is 6.10 Å². The second-order valence-corrected chi connectivity index (χ2v) is 5.86. The number of ketones is 1. The molecule has 2 amide bonds. The molecule has 0 spiro atoms. The lowest BCUT2D eigenvalue weighted by molar-refractivity contribution is -0.146. The van der Waals surface area contributed by atoms with Crippen LogP contribution in [0.25, 0.3) is 0 Å². The first kappa shape index (κ1) is 19.2. The van der Waals surface area contributed by atoms with Gasteiger partial charge in [0.05, 0.1) is 6.42 Å². The van der Waals surface area contributed by atoms with Gasteiger partial charge in [0, 0.05) is 17.8 Å². The summed E-state index contributed by atoms with van der Waals surface area (Å²) in [7, 11) is 0. The van der Waals surface area contributed by atoms with E-state index in [4.69, 9.17) is 4.74 Å². The minimum Gasteiger partial charge on any atom is -0.454 e. The first-order chi connectivity index (χ1) is 12.5. The number of esters is 1. The average molecular weight is 354 g/mol. The molecule has 26 heavy (non-hydrogen) atoms. The summed E-state index contributed by atoms with van der Waals surface area (Å²) in [5, 5.41) is 5.21. The molecule has 2 aromatic carbocycles. The molecule has 0 heterocycles. The van der Waals surface area contributed by atoms with Crippen LogP contribution in [0, 0.1) is 6.92 Å². The van der Waals surface area contributed by atoms with Crippen LogP contribution in [0.4, 0.5) is 10.5 Å². The Bertz CT molecular complexity index is 757. The van der Waals surface area contributed by atoms with Gasteiger partial charge in [-0.05, 0) is 26.0 Å². The first-order valence-corrected chi connectivity index (χ1v) is 8.36. The molecular formula is C20H22N2O4. The van der Waals surface area contributed by atoms with E-state index < -0.39 is 18.1 Å². The molecule has 0 aliphatic carbocycles. The van der Waals surface area contributed by atoms with E-state index in [9.17, 15) is 14.4 Å². The maximum atomic E-state index is 12.2. The number of ether oxygens (including phenoxy) is 1. The van der Waals surface area contributed by atoms with Crippen LogP contribution in [0.1, 0.15) is 29.3 Å². The van der Waals surface area contributed by atoms with Gasteiger partial charge >= 0.3 is 12.0 Å². The fourth-order valence-electron chi connectivity index (χ4n) is 2.24. The Balaban J connectivity index is 1.71. The third-order valence-corrected chi connectivity index (χ3v) is 3.66. The number of carbonyl (C=O) groups is 3. The zero-order valence-corrected chi connectivity index (χ0v) is 14.8. The number of amides is 2. The minimum atomic E-state index is -0.872. The summed E-state index contributed by atoms with van der Waals surface area (Å²) in [6, 6.07) is 15.6. The van der Waals surface area contributed by atoms with Crippen molar-refractivity contribution in [3.05, 3.63) is 65.7 Å². The molecule has 6 heteroatoms. The van der Waals surface area contributed by atoms with Gasteiger partial charge < -0.3 is 15.4 Å². The van der Waals surface area contributed by atoms with Crippen LogP contribution in [-0.4, -0.2) is 30.4 Å². The molecular weight excluding hydrogens is 332 g/mol. The Morgan fingerprint density at radius 3 is 2.31 bits per heavy atom. The normalized spacial score (nSPS) is 11.3. The number of para-hydroxylation sites is 1. The van der Waals surface area contributed by atoms with Crippen molar-refractivity contribution in [1.82, 2.24) is 5.32 Å². The second-order valence-electron chi connectivity index (χ2n) is 5.86. The van der Waals surface area contributed by atoms with Crippen LogP contribution in [-0.2, 0) is 9.53 Å². The maximum absolute atomic E-state index is 12.2. The largest absolute Gasteiger partial charge is 0.454 e. The van der Waals surface area contributed by atoms with E-state index in [-0.39, 0.29) is 18.7 Å². The summed E-state index contributed by atoms with van der Waals surface area (Å²) in [5.41, 5.74) is 2.20. The van der Waals surface area contributed by atoms with Gasteiger partial charge in [-0.15, -0.1) is 0 Å². The summed E-state index contributed by atoms with van der Waals surface area (Å²) in [5.74, 6) is -0.800. The van der Waals surface area contributed by atoms with Crippen molar-refractivity contribution < 1.29 is 19.1 Å². The third kappa shape index (κ3) is 6.05. The fraction of sp³-hybridized carbons (Fsp3) is 0.250. The van der Waals surface area contributed by atoms with E-state index in [0.29, 0.717) is 11.3 Å². The minimum absolute atomic E-state index is 0.0201. The molecule has 0 radical (unpaired) electrons. The Kier molecular flexibility index (Phi) is 6.91. The highest BCUT2D eigenvalue weighted by atomic mass is 16.5. The lowest BCUT2D eigenvalue weighted by atomic mass is 10.1. The zero-order chi connectivity index (χ0) is 18.9. The Hall–Kier alpha value is -3.15. The quantitative estimate of drug-likeness (QED) is 0.590. The van der Waals surface area contributed by atoms with E-state index >= 15 is 0 Å². The van der Waals surface area contributed by atoms with Gasteiger partial charge in [-0.2, -0.15) is 0 Å². The van der Waals surface area contributed by atoms with E-state index in [1.165, 1.54) is 6.92 Å². The Morgan fingerprint density at radius 2 is 1.65 bits per heavy atom. The molecule has 2 aromatic rings. The molecule has 0 bridgehead atoms. The Labute approximate surface area is 152 Å². The highest BCUT2D eigenvalue weighted by Crippen LogP contribution is 2.09. The lowest BCUT2D eigenvalue weighted by Gasteiger charge is -2.13. The number of carbonyl (C=O) groups excluding carboxylic acids is 3. The van der Waals surface area contributed by atoms with Crippen LogP contribution in [0.5, 0.6) is 0 Å². The third-order valence-electron chi connectivity index (χ3n) is 3.66. The van der Waals surface area contributed by atoms with Gasteiger partial charge in [-0.1, -0.05) is 48.0 Å². The summed E-state index contributed by atoms with van der Waals surface area (Å²) in [6.45, 7) is 3.58. The predicted molar refractivity (Wildman–Crippen MR) is 99.1 cm³/mol. The smallest absolute Gasteiger partial charge is 0.319 e. The van der Waals surface area contributed by atoms with Gasteiger partial charge in [0.2, 0.25) is 5.78 Å². The topological polar surface area (TPSA) is 84.5 Å². The van der Waals surface area contributed by atoms with Crippen molar-refractivity contribution >= 4 is 23.5 Å². The molecule has 136 valence electrons. The van der Waals surface area contributed by atoms with E-state index in [2.05, 4.69) is 10.6 Å². The number of aryl methyl sites for hydroxylation is 1. The van der Waals surface area contributed by atoms with E-state index in [1.54, 1.807) is 36.4 Å². The monoisotopic (exact) mass is 354 g/mol. The fourth-order valence-corrected chi connectivity index (χ4v) is 2.24. The van der Waals surface area contributed by atoms with Crippen molar-refractivity contribution in [2.75, 3.05) is 11.9 Å². The molecule has 0 fully saturated rings. The molecule has 0 saturated carbocycles. The number of anilines is 1. The van der Waals surface area contributed by atoms with Crippen LogP contribution >= 0.6 is 0 Å². The highest BCUT2D eigenvalue weighted by Gasteiger charge is 2.19. The molecule has 0 saturated heterocycles. The number of Topliss-reactive ketones (excluding diaryl/α,β-unsaturated/α-hetero) is 1. The summed E-state index contributed by atoms with van der Waals surface area (Å²) in [4.78, 5) is 35.8. The first-order valence-electron chi connectivity index (χ1n) is 8.36. The molecule has 0 aliphatic heterocycles. The molecule has 6 nitrogen and oxygen atoms in total. The molecule has 1 atom stereocenters. The van der Waals surface area contributed by atoms with E-state index in [1.807, 2.05) is 25.1 Å². The summed E-state index contributed by atoms with van der Waals surface area (Å²) >= 11 is 0. The van der Waals surface area contributed by atoms with Gasteiger partial charge in [0.25, 0.3) is 0 Å². The maximum Gasteiger partial charge on any atom is 0.319 e. The highest BCUT2D eigenvalue weighted by molar-refractivity contribution is 6.00. The van der Waals surface area contributed by atoms with Gasteiger partial charge in [-0.25, -0.2) is 4.79 Å². The molecule has 2 N–H and O–H groups in total. The molecule has 0 aromatic heterocycles. The number of urea groups is 1. The number of benzene rings is 2. The number of hydrogen-bond donors (Lipinski definition) is 2. The molecule has 0 aliphatic rings. The van der Waals surface area contributed by atoms with Crippen LogP contribution < -0.4 is 10.6 Å². The van der Waals surface area contributed by atoms with Crippen molar-refractivity contribution in [2.24, 2.45) is 0 Å². The Morgan fingerprint density at radius 1 is 1.00 bits per heavy atom. The molecule has 0 unspecified atom stereocenters. The number of nitrogens with one attached hydrogen (secondary N) is 2. The standard InChI is InChI=1S/C20H22N2O4/c1-14-8-10-16(11-9-14)19(24)15(2)26-18(23)12-13-21-20(25)22-17-6-4-3-5-7-17/h3-11,15H,12-13H2,1-2H3,(H2,21,22,25)/t15-/m0/s1. The van der Waals surface area contributed by atoms with Gasteiger partial charge in [0.1, 0.15) is 0 Å². The van der Waals surface area contributed by atoms with Crippen molar-refractivity contribution in [3.8, 4) is 0 Å². The van der Waals surface area contributed by atoms with Gasteiger partial charge in [-0.3, -0.25) is 9.59 Å². The van der Waals surface area contributed by atoms with Crippen molar-refractivity contribution in [3.63, 3.8) is 0 Å². The zero-order valence-electron chi connectivity index (χ0n) is 14.8. The SMILES string of the molecule is Cc1ccc(C(=O)[C@H](C)OC(=O)CCNC(=O)Nc2ccccc2)cc1. The van der Waals surface area contributed by atoms with Crippen molar-refractivity contribution in [1.29, 1.82) is 0 Å². The number of hydrogen-bond acceptors (Lipinski definition) is 4. The lowest BCUT2D eigenvalue weighted by Crippen LogP contribution is -2.32. The number of rotatable bonds is 7. The van der Waals surface area contributed by atoms with Crippen molar-refractivity contribution in [2.45, 2.75) is 26.4 Å². The van der Waals surface area contributed by atoms with Crippen LogP contribution in [0.15, 0.2) is 54.6 Å². The van der Waals surface area contributed by atoms with E-state index in [0.717, 1.165) is 5.56 Å². The summed E-state index contributed by atoms with van der Waals surface area (Å²) < 4.78 is 5.14.